The van der Waals surface area contributed by atoms with Crippen molar-refractivity contribution in [2.24, 2.45) is 0 Å². The number of hydrogen-bond acceptors (Lipinski definition) is 2. The zero-order valence-corrected chi connectivity index (χ0v) is 12.1. The molecule has 0 saturated heterocycles. The number of likely N-dealkylation sites (N-methyl/N-ethyl adjacent to an activating group) is 1. The van der Waals surface area contributed by atoms with Crippen LogP contribution in [-0.4, -0.2) is 25.0 Å². The molecule has 1 aromatic rings. The summed E-state index contributed by atoms with van der Waals surface area (Å²) >= 11 is 0. The van der Waals surface area contributed by atoms with E-state index in [1.807, 2.05) is 31.9 Å². The van der Waals surface area contributed by atoms with Gasteiger partial charge < -0.3 is 10.2 Å². The number of carbonyl (C=O) groups excluding carboxylic acids is 1. The van der Waals surface area contributed by atoms with Crippen molar-refractivity contribution in [3.8, 4) is 0 Å². The molecule has 1 heterocycles. The highest BCUT2D eigenvalue weighted by Crippen LogP contribution is 2.36. The Bertz CT molecular complexity index is 440. The molecule has 0 spiro atoms. The number of benzene rings is 1. The molecule has 104 valence electrons. The highest BCUT2D eigenvalue weighted by atomic mass is 16.2. The molecule has 1 aliphatic heterocycles. The van der Waals surface area contributed by atoms with E-state index in [0.717, 1.165) is 31.4 Å². The summed E-state index contributed by atoms with van der Waals surface area (Å²) in [6.07, 6.45) is 4.18. The van der Waals surface area contributed by atoms with Crippen molar-refractivity contribution in [3.63, 3.8) is 0 Å². The van der Waals surface area contributed by atoms with Crippen molar-refractivity contribution in [1.82, 2.24) is 5.32 Å². The second kappa shape index (κ2) is 6.20. The van der Waals surface area contributed by atoms with Crippen LogP contribution in [0, 0.1) is 0 Å². The lowest BCUT2D eigenvalue weighted by atomic mass is 10.1. The number of para-hydroxylation sites is 1. The molecule has 3 rings (SSSR count). The molecule has 2 aliphatic rings. The van der Waals surface area contributed by atoms with Gasteiger partial charge in [-0.15, -0.1) is 0 Å². The van der Waals surface area contributed by atoms with Gasteiger partial charge >= 0.3 is 0 Å². The smallest absolute Gasteiger partial charge is 0.244 e. The first-order chi connectivity index (χ1) is 9.31. The zero-order valence-electron chi connectivity index (χ0n) is 12.1. The van der Waals surface area contributed by atoms with E-state index in [1.54, 1.807) is 0 Å². The lowest BCUT2D eigenvalue weighted by molar-refractivity contribution is -0.120. The van der Waals surface area contributed by atoms with Crippen LogP contribution >= 0.6 is 0 Å². The molecule has 1 unspecified atom stereocenters. The van der Waals surface area contributed by atoms with Crippen molar-refractivity contribution in [1.29, 1.82) is 0 Å². The van der Waals surface area contributed by atoms with Crippen LogP contribution in [0.2, 0.25) is 0 Å². The van der Waals surface area contributed by atoms with E-state index >= 15 is 0 Å². The van der Waals surface area contributed by atoms with Gasteiger partial charge in [-0.1, -0.05) is 32.0 Å². The van der Waals surface area contributed by atoms with Crippen molar-refractivity contribution >= 4 is 11.6 Å². The number of fused-ring (bicyclic) bond motifs is 1. The summed E-state index contributed by atoms with van der Waals surface area (Å²) in [4.78, 5) is 14.5. The zero-order chi connectivity index (χ0) is 13.8. The van der Waals surface area contributed by atoms with Gasteiger partial charge in [-0.25, -0.2) is 0 Å². The van der Waals surface area contributed by atoms with Gasteiger partial charge in [0.2, 0.25) is 5.91 Å². The van der Waals surface area contributed by atoms with Gasteiger partial charge in [-0.3, -0.25) is 4.79 Å². The Hall–Kier alpha value is -1.35. The summed E-state index contributed by atoms with van der Waals surface area (Å²) in [5.41, 5.74) is 2.45. The second-order valence-corrected chi connectivity index (χ2v) is 4.95. The molecule has 1 aliphatic carbocycles. The van der Waals surface area contributed by atoms with Crippen LogP contribution in [0.1, 0.15) is 38.7 Å². The van der Waals surface area contributed by atoms with Gasteiger partial charge in [0.1, 0.15) is 0 Å². The van der Waals surface area contributed by atoms with Crippen LogP contribution in [0.3, 0.4) is 0 Å². The van der Waals surface area contributed by atoms with Gasteiger partial charge in [0.15, 0.2) is 0 Å². The standard InChI is InChI=1S/C14H18N2O.C2H6/c1-15-12-9-6-10-4-2-3-5-13(10)16(14(12)17)11-7-8-11;1-2/h2-5,11-12,15H,6-9H2,1H3;1-2H3. The average Bonchev–Trinajstić information content (AvgIpc) is 3.28. The topological polar surface area (TPSA) is 32.3 Å². The third kappa shape index (κ3) is 2.81. The summed E-state index contributed by atoms with van der Waals surface area (Å²) in [5, 5.41) is 3.15. The largest absolute Gasteiger partial charge is 0.309 e. The molecule has 1 amide bonds. The molecule has 19 heavy (non-hydrogen) atoms. The molecule has 0 aromatic heterocycles. The minimum Gasteiger partial charge on any atom is -0.309 e. The van der Waals surface area contributed by atoms with E-state index in [2.05, 4.69) is 23.5 Å². The molecule has 1 atom stereocenters. The van der Waals surface area contributed by atoms with Crippen LogP contribution in [0.5, 0.6) is 0 Å². The molecule has 1 aromatic carbocycles. The monoisotopic (exact) mass is 260 g/mol. The fourth-order valence-corrected chi connectivity index (χ4v) is 2.64. The first kappa shape index (κ1) is 14.1. The van der Waals surface area contributed by atoms with Crippen molar-refractivity contribution in [2.45, 2.75) is 51.6 Å². The number of hydrogen-bond donors (Lipinski definition) is 1. The lowest BCUT2D eigenvalue weighted by Gasteiger charge is -2.25. The number of carbonyl (C=O) groups is 1. The highest BCUT2D eigenvalue weighted by molar-refractivity contribution is 5.99. The fraction of sp³-hybridized carbons (Fsp3) is 0.562. The molecular formula is C16H24N2O. The SMILES string of the molecule is CC.CNC1CCc2ccccc2N(C2CC2)C1=O. The van der Waals surface area contributed by atoms with Crippen LogP contribution < -0.4 is 10.2 Å². The van der Waals surface area contributed by atoms with Crippen molar-refractivity contribution in [2.75, 3.05) is 11.9 Å². The number of anilines is 1. The molecule has 3 heteroatoms. The maximum absolute atomic E-state index is 12.5. The minimum atomic E-state index is -0.0250. The summed E-state index contributed by atoms with van der Waals surface area (Å²) < 4.78 is 0. The summed E-state index contributed by atoms with van der Waals surface area (Å²) in [7, 11) is 1.88. The summed E-state index contributed by atoms with van der Waals surface area (Å²) in [5.74, 6) is 0.250. The first-order valence-corrected chi connectivity index (χ1v) is 7.39. The Kier molecular flexibility index (Phi) is 4.59. The predicted octanol–water partition coefficient (Wildman–Crippen LogP) is 2.74. The van der Waals surface area contributed by atoms with Gasteiger partial charge in [0, 0.05) is 11.7 Å². The maximum atomic E-state index is 12.5. The van der Waals surface area contributed by atoms with Crippen LogP contribution in [-0.2, 0) is 11.2 Å². The Morgan fingerprint density at radius 1 is 1.16 bits per heavy atom. The lowest BCUT2D eigenvalue weighted by Crippen LogP contribution is -2.45. The van der Waals surface area contributed by atoms with Gasteiger partial charge in [0.05, 0.1) is 6.04 Å². The van der Waals surface area contributed by atoms with Gasteiger partial charge in [-0.2, -0.15) is 0 Å². The predicted molar refractivity (Wildman–Crippen MR) is 79.5 cm³/mol. The Labute approximate surface area is 116 Å². The van der Waals surface area contributed by atoms with Gasteiger partial charge in [-0.05, 0) is 44.4 Å². The van der Waals surface area contributed by atoms with E-state index in [4.69, 9.17) is 0 Å². The number of rotatable bonds is 2. The molecule has 0 bridgehead atoms. The summed E-state index contributed by atoms with van der Waals surface area (Å²) in [6, 6.07) is 8.75. The van der Waals surface area contributed by atoms with E-state index < -0.39 is 0 Å². The Morgan fingerprint density at radius 3 is 2.47 bits per heavy atom. The quantitative estimate of drug-likeness (QED) is 0.886. The van der Waals surface area contributed by atoms with Gasteiger partial charge in [0.25, 0.3) is 0 Å². The molecule has 1 saturated carbocycles. The molecule has 0 radical (unpaired) electrons. The first-order valence-electron chi connectivity index (χ1n) is 7.39. The van der Waals surface area contributed by atoms with Crippen LogP contribution in [0.4, 0.5) is 5.69 Å². The average molecular weight is 260 g/mol. The summed E-state index contributed by atoms with van der Waals surface area (Å²) in [6.45, 7) is 4.00. The Balaban J connectivity index is 0.000000637. The number of aryl methyl sites for hydroxylation is 1. The minimum absolute atomic E-state index is 0.0250. The third-order valence-corrected chi connectivity index (χ3v) is 3.75. The number of amides is 1. The Morgan fingerprint density at radius 2 is 1.84 bits per heavy atom. The van der Waals surface area contributed by atoms with E-state index in [1.165, 1.54) is 5.56 Å². The molecule has 1 fully saturated rings. The van der Waals surface area contributed by atoms with Crippen LogP contribution in [0.15, 0.2) is 24.3 Å². The second-order valence-electron chi connectivity index (χ2n) is 4.95. The maximum Gasteiger partial charge on any atom is 0.244 e. The normalized spacial score (nSPS) is 22.2. The highest BCUT2D eigenvalue weighted by Gasteiger charge is 2.38. The van der Waals surface area contributed by atoms with E-state index in [-0.39, 0.29) is 11.9 Å². The molecule has 1 N–H and O–H groups in total. The number of nitrogens with zero attached hydrogens (tertiary/aromatic N) is 1. The third-order valence-electron chi connectivity index (χ3n) is 3.75. The molecule has 3 nitrogen and oxygen atoms in total. The van der Waals surface area contributed by atoms with Crippen molar-refractivity contribution < 1.29 is 4.79 Å². The number of nitrogens with one attached hydrogen (secondary N) is 1. The molecular weight excluding hydrogens is 236 g/mol. The van der Waals surface area contributed by atoms with E-state index in [0.29, 0.717) is 6.04 Å². The van der Waals surface area contributed by atoms with E-state index in [9.17, 15) is 4.79 Å². The van der Waals surface area contributed by atoms with Crippen molar-refractivity contribution in [3.05, 3.63) is 29.8 Å². The van der Waals surface area contributed by atoms with Crippen LogP contribution in [0.25, 0.3) is 0 Å². The fourth-order valence-electron chi connectivity index (χ4n) is 2.64.